The molecule has 16 heavy (non-hydrogen) atoms. The summed E-state index contributed by atoms with van der Waals surface area (Å²) < 4.78 is 0. The molecule has 0 saturated heterocycles. The molecule has 0 amide bonds. The van der Waals surface area contributed by atoms with Gasteiger partial charge in [-0.2, -0.15) is 0 Å². The van der Waals surface area contributed by atoms with Gasteiger partial charge in [-0.25, -0.2) is 0 Å². The Labute approximate surface area is 105 Å². The van der Waals surface area contributed by atoms with Crippen LogP contribution in [0.15, 0.2) is 18.2 Å². The summed E-state index contributed by atoms with van der Waals surface area (Å²) >= 11 is 0. The highest BCUT2D eigenvalue weighted by Gasteiger charge is 2.23. The van der Waals surface area contributed by atoms with Crippen LogP contribution >= 0.6 is 12.4 Å². The predicted molar refractivity (Wildman–Crippen MR) is 72.1 cm³/mol. The fourth-order valence-corrected chi connectivity index (χ4v) is 2.79. The first-order valence-corrected chi connectivity index (χ1v) is 6.00. The van der Waals surface area contributed by atoms with Crippen LogP contribution in [-0.2, 0) is 0 Å². The summed E-state index contributed by atoms with van der Waals surface area (Å²) in [5.74, 6) is 0.714. The zero-order valence-electron chi connectivity index (χ0n) is 10.2. The molecule has 0 heterocycles. The Kier molecular flexibility index (Phi) is 4.82. The van der Waals surface area contributed by atoms with Crippen LogP contribution in [0, 0.1) is 19.8 Å². The monoisotopic (exact) mass is 239 g/mol. The molecule has 0 aliphatic heterocycles. The average Bonchev–Trinajstić information content (AvgIpc) is 2.67. The molecule has 0 aromatic heterocycles. The van der Waals surface area contributed by atoms with Gasteiger partial charge in [-0.1, -0.05) is 42.2 Å². The van der Waals surface area contributed by atoms with Crippen molar-refractivity contribution in [3.8, 4) is 0 Å². The molecule has 0 radical (unpaired) electrons. The number of aryl methyl sites for hydroxylation is 2. The fourth-order valence-electron chi connectivity index (χ4n) is 2.79. The van der Waals surface area contributed by atoms with E-state index in [1.54, 1.807) is 0 Å². The average molecular weight is 240 g/mol. The topological polar surface area (TPSA) is 26.0 Å². The molecule has 90 valence electrons. The van der Waals surface area contributed by atoms with Crippen LogP contribution in [0.3, 0.4) is 0 Å². The van der Waals surface area contributed by atoms with E-state index in [1.165, 1.54) is 42.4 Å². The highest BCUT2D eigenvalue weighted by molar-refractivity contribution is 5.85. The highest BCUT2D eigenvalue weighted by Crippen LogP contribution is 2.34. The Morgan fingerprint density at radius 2 is 1.56 bits per heavy atom. The highest BCUT2D eigenvalue weighted by atomic mass is 35.5. The molecule has 0 unspecified atom stereocenters. The molecule has 1 aliphatic carbocycles. The van der Waals surface area contributed by atoms with Crippen LogP contribution in [0.2, 0.25) is 0 Å². The molecular formula is C14H22ClN. The number of rotatable bonds is 2. The molecule has 1 aromatic carbocycles. The lowest BCUT2D eigenvalue weighted by atomic mass is 9.91. The third-order valence-corrected chi connectivity index (χ3v) is 3.54. The quantitative estimate of drug-likeness (QED) is 0.832. The molecule has 0 bridgehead atoms. The second-order valence-corrected chi connectivity index (χ2v) is 4.99. The van der Waals surface area contributed by atoms with E-state index >= 15 is 0 Å². The van der Waals surface area contributed by atoms with Gasteiger partial charge in [0.25, 0.3) is 0 Å². The van der Waals surface area contributed by atoms with E-state index in [9.17, 15) is 0 Å². The number of halogens is 1. The van der Waals surface area contributed by atoms with Gasteiger partial charge in [-0.15, -0.1) is 12.4 Å². The zero-order valence-corrected chi connectivity index (χ0v) is 11.0. The number of hydrogen-bond acceptors (Lipinski definition) is 1. The maximum absolute atomic E-state index is 6.34. The molecule has 1 aromatic rings. The van der Waals surface area contributed by atoms with Crippen molar-refractivity contribution in [2.75, 3.05) is 0 Å². The minimum Gasteiger partial charge on any atom is -0.324 e. The Balaban J connectivity index is 0.00000128. The first kappa shape index (κ1) is 13.5. The number of hydrogen-bond donors (Lipinski definition) is 1. The van der Waals surface area contributed by atoms with Crippen LogP contribution in [0.4, 0.5) is 0 Å². The van der Waals surface area contributed by atoms with Crippen molar-refractivity contribution in [2.45, 2.75) is 45.6 Å². The minimum atomic E-state index is 0. The molecule has 0 spiro atoms. The van der Waals surface area contributed by atoms with E-state index in [4.69, 9.17) is 5.73 Å². The van der Waals surface area contributed by atoms with E-state index in [-0.39, 0.29) is 18.4 Å². The Morgan fingerprint density at radius 3 is 2.06 bits per heavy atom. The molecule has 1 fully saturated rings. The van der Waals surface area contributed by atoms with E-state index in [1.807, 2.05) is 0 Å². The van der Waals surface area contributed by atoms with E-state index in [0.717, 1.165) is 0 Å². The van der Waals surface area contributed by atoms with Gasteiger partial charge in [0.05, 0.1) is 0 Å². The second kappa shape index (κ2) is 5.70. The maximum atomic E-state index is 6.34. The minimum absolute atomic E-state index is 0. The van der Waals surface area contributed by atoms with Crippen LogP contribution in [-0.4, -0.2) is 0 Å². The third kappa shape index (κ3) is 2.99. The molecule has 2 N–H and O–H groups in total. The van der Waals surface area contributed by atoms with Crippen molar-refractivity contribution in [1.82, 2.24) is 0 Å². The standard InChI is InChI=1S/C14H21N.ClH/c1-10-7-11(2)9-13(8-10)14(15)12-5-3-4-6-12;/h7-9,12,14H,3-6,15H2,1-2H3;1H/t14-;/m1./s1. The molecule has 1 saturated carbocycles. The van der Waals surface area contributed by atoms with Crippen LogP contribution in [0.1, 0.15) is 48.4 Å². The van der Waals surface area contributed by atoms with Gasteiger partial charge in [0.15, 0.2) is 0 Å². The van der Waals surface area contributed by atoms with Crippen molar-refractivity contribution in [2.24, 2.45) is 11.7 Å². The van der Waals surface area contributed by atoms with Crippen LogP contribution in [0.25, 0.3) is 0 Å². The number of nitrogens with two attached hydrogens (primary N) is 1. The van der Waals surface area contributed by atoms with Gasteiger partial charge in [-0.05, 0) is 38.2 Å². The Hall–Kier alpha value is -0.530. The molecule has 2 rings (SSSR count). The van der Waals surface area contributed by atoms with E-state index in [2.05, 4.69) is 32.0 Å². The smallest absolute Gasteiger partial charge is 0.0323 e. The fraction of sp³-hybridized carbons (Fsp3) is 0.571. The summed E-state index contributed by atoms with van der Waals surface area (Å²) in [4.78, 5) is 0. The lowest BCUT2D eigenvalue weighted by Crippen LogP contribution is -2.19. The molecule has 1 nitrogen and oxygen atoms in total. The summed E-state index contributed by atoms with van der Waals surface area (Å²) in [5, 5.41) is 0. The van der Waals surface area contributed by atoms with E-state index < -0.39 is 0 Å². The maximum Gasteiger partial charge on any atom is 0.0323 e. The van der Waals surface area contributed by atoms with Crippen LogP contribution < -0.4 is 5.73 Å². The normalized spacial score (nSPS) is 18.2. The van der Waals surface area contributed by atoms with Gasteiger partial charge in [0, 0.05) is 6.04 Å². The summed E-state index contributed by atoms with van der Waals surface area (Å²) in [6.07, 6.45) is 5.36. The van der Waals surface area contributed by atoms with Gasteiger partial charge in [0.2, 0.25) is 0 Å². The predicted octanol–water partition coefficient (Wildman–Crippen LogP) is 3.92. The summed E-state index contributed by atoms with van der Waals surface area (Å²) in [7, 11) is 0. The summed E-state index contributed by atoms with van der Waals surface area (Å²) in [6, 6.07) is 6.96. The van der Waals surface area contributed by atoms with Crippen LogP contribution in [0.5, 0.6) is 0 Å². The molecule has 1 atom stereocenters. The lowest BCUT2D eigenvalue weighted by molar-refractivity contribution is 0.444. The van der Waals surface area contributed by atoms with Crippen molar-refractivity contribution in [1.29, 1.82) is 0 Å². The number of benzene rings is 1. The summed E-state index contributed by atoms with van der Waals surface area (Å²) in [6.45, 7) is 4.30. The first-order chi connectivity index (χ1) is 7.16. The van der Waals surface area contributed by atoms with Crippen molar-refractivity contribution in [3.63, 3.8) is 0 Å². The third-order valence-electron chi connectivity index (χ3n) is 3.54. The molecule has 2 heteroatoms. The van der Waals surface area contributed by atoms with Crippen molar-refractivity contribution < 1.29 is 0 Å². The van der Waals surface area contributed by atoms with Crippen molar-refractivity contribution >= 4 is 12.4 Å². The van der Waals surface area contributed by atoms with E-state index in [0.29, 0.717) is 5.92 Å². The Morgan fingerprint density at radius 1 is 1.06 bits per heavy atom. The first-order valence-electron chi connectivity index (χ1n) is 6.00. The lowest BCUT2D eigenvalue weighted by Gasteiger charge is -2.20. The molecule has 1 aliphatic rings. The van der Waals surface area contributed by atoms with Crippen molar-refractivity contribution in [3.05, 3.63) is 34.9 Å². The Bertz CT molecular complexity index is 322. The van der Waals surface area contributed by atoms with Gasteiger partial charge < -0.3 is 5.73 Å². The second-order valence-electron chi connectivity index (χ2n) is 4.99. The summed E-state index contributed by atoms with van der Waals surface area (Å²) in [5.41, 5.74) is 10.3. The zero-order chi connectivity index (χ0) is 10.8. The largest absolute Gasteiger partial charge is 0.324 e. The SMILES string of the molecule is Cc1cc(C)cc([C@H](N)C2CCCC2)c1.Cl. The molecular weight excluding hydrogens is 218 g/mol. The van der Waals surface area contributed by atoms with Gasteiger partial charge in [-0.3, -0.25) is 0 Å². The van der Waals surface area contributed by atoms with Gasteiger partial charge >= 0.3 is 0 Å². The van der Waals surface area contributed by atoms with Gasteiger partial charge in [0.1, 0.15) is 0 Å².